The van der Waals surface area contributed by atoms with Crippen LogP contribution in [0.1, 0.15) is 11.1 Å². The van der Waals surface area contributed by atoms with E-state index in [0.717, 1.165) is 56.5 Å². The molecule has 0 unspecified atom stereocenters. The molecule has 26 heavy (non-hydrogen) atoms. The molecule has 140 valence electrons. The summed E-state index contributed by atoms with van der Waals surface area (Å²) in [5.74, 6) is 2.60. The highest BCUT2D eigenvalue weighted by molar-refractivity contribution is 5.46. The van der Waals surface area contributed by atoms with Gasteiger partial charge in [0, 0.05) is 50.4 Å². The molecule has 3 rings (SSSR count). The molecule has 0 radical (unpaired) electrons. The molecule has 0 aliphatic carbocycles. The molecule has 5 heteroatoms. The number of rotatable bonds is 7. The van der Waals surface area contributed by atoms with Crippen molar-refractivity contribution in [2.24, 2.45) is 0 Å². The van der Waals surface area contributed by atoms with E-state index in [-0.39, 0.29) is 0 Å². The molecule has 0 N–H and O–H groups in total. The maximum absolute atomic E-state index is 5.56. The standard InChI is InChI=1S/C21H28N2O3/c1-24-19-9-5-4-7-17(19)15-22-11-13-23(14-12-22)16-18-8-6-10-20(25-2)21(18)26-3/h4-10H,11-16H2,1-3H3. The van der Waals surface area contributed by atoms with E-state index < -0.39 is 0 Å². The average Bonchev–Trinajstić information content (AvgIpc) is 2.69. The Balaban J connectivity index is 1.58. The van der Waals surface area contributed by atoms with Gasteiger partial charge in [-0.3, -0.25) is 9.80 Å². The molecular formula is C21H28N2O3. The first-order valence-corrected chi connectivity index (χ1v) is 9.01. The van der Waals surface area contributed by atoms with Crippen LogP contribution in [0.5, 0.6) is 17.2 Å². The number of benzene rings is 2. The molecule has 0 aromatic heterocycles. The van der Waals surface area contributed by atoms with Crippen molar-refractivity contribution >= 4 is 0 Å². The molecule has 0 spiro atoms. The van der Waals surface area contributed by atoms with Crippen molar-refractivity contribution in [3.63, 3.8) is 0 Å². The monoisotopic (exact) mass is 356 g/mol. The van der Waals surface area contributed by atoms with Gasteiger partial charge in [0.2, 0.25) is 0 Å². The van der Waals surface area contributed by atoms with Crippen LogP contribution in [-0.4, -0.2) is 57.3 Å². The minimum Gasteiger partial charge on any atom is -0.496 e. The lowest BCUT2D eigenvalue weighted by Gasteiger charge is -2.35. The van der Waals surface area contributed by atoms with Crippen molar-refractivity contribution < 1.29 is 14.2 Å². The van der Waals surface area contributed by atoms with Gasteiger partial charge >= 0.3 is 0 Å². The first-order valence-electron chi connectivity index (χ1n) is 9.01. The molecule has 1 aliphatic heterocycles. The van der Waals surface area contributed by atoms with Crippen molar-refractivity contribution in [1.29, 1.82) is 0 Å². The minimum atomic E-state index is 0.791. The zero-order valence-electron chi connectivity index (χ0n) is 15.9. The highest BCUT2D eigenvalue weighted by Crippen LogP contribution is 2.31. The van der Waals surface area contributed by atoms with Crippen LogP contribution in [-0.2, 0) is 13.1 Å². The summed E-state index contributed by atoms with van der Waals surface area (Å²) >= 11 is 0. The average molecular weight is 356 g/mol. The Morgan fingerprint density at radius 3 is 1.81 bits per heavy atom. The Bertz CT molecular complexity index is 712. The van der Waals surface area contributed by atoms with Crippen LogP contribution in [0.4, 0.5) is 0 Å². The zero-order valence-corrected chi connectivity index (χ0v) is 15.9. The molecule has 2 aromatic rings. The second-order valence-corrected chi connectivity index (χ2v) is 6.52. The second kappa shape index (κ2) is 8.92. The molecule has 0 bridgehead atoms. The van der Waals surface area contributed by atoms with Gasteiger partial charge in [-0.1, -0.05) is 30.3 Å². The quantitative estimate of drug-likeness (QED) is 0.762. The Labute approximate surface area is 156 Å². The number of ether oxygens (including phenoxy) is 3. The third-order valence-corrected chi connectivity index (χ3v) is 4.93. The van der Waals surface area contributed by atoms with E-state index >= 15 is 0 Å². The first kappa shape index (κ1) is 18.5. The minimum absolute atomic E-state index is 0.791. The summed E-state index contributed by atoms with van der Waals surface area (Å²) in [6, 6.07) is 14.3. The number of piperazine rings is 1. The number of methoxy groups -OCH3 is 3. The molecule has 1 aliphatic rings. The van der Waals surface area contributed by atoms with Gasteiger partial charge in [0.05, 0.1) is 21.3 Å². The molecule has 0 amide bonds. The van der Waals surface area contributed by atoms with Crippen LogP contribution >= 0.6 is 0 Å². The van der Waals surface area contributed by atoms with Gasteiger partial charge in [0.1, 0.15) is 5.75 Å². The van der Waals surface area contributed by atoms with Crippen molar-refractivity contribution in [2.45, 2.75) is 13.1 Å². The van der Waals surface area contributed by atoms with Crippen molar-refractivity contribution in [2.75, 3.05) is 47.5 Å². The first-order chi connectivity index (χ1) is 12.7. The summed E-state index contributed by atoms with van der Waals surface area (Å²) in [5, 5.41) is 0. The maximum atomic E-state index is 5.56. The Morgan fingerprint density at radius 2 is 1.19 bits per heavy atom. The normalized spacial score (nSPS) is 15.7. The third kappa shape index (κ3) is 4.29. The Hall–Kier alpha value is -2.24. The van der Waals surface area contributed by atoms with E-state index in [4.69, 9.17) is 14.2 Å². The summed E-state index contributed by atoms with van der Waals surface area (Å²) in [4.78, 5) is 4.95. The Morgan fingerprint density at radius 1 is 0.654 bits per heavy atom. The molecule has 0 saturated carbocycles. The fourth-order valence-corrected chi connectivity index (χ4v) is 3.50. The second-order valence-electron chi connectivity index (χ2n) is 6.52. The lowest BCUT2D eigenvalue weighted by Crippen LogP contribution is -2.45. The maximum Gasteiger partial charge on any atom is 0.165 e. The van der Waals surface area contributed by atoms with E-state index in [1.807, 2.05) is 24.3 Å². The van der Waals surface area contributed by atoms with Crippen molar-refractivity contribution in [1.82, 2.24) is 9.80 Å². The zero-order chi connectivity index (χ0) is 18.4. The topological polar surface area (TPSA) is 34.2 Å². The number of hydrogen-bond donors (Lipinski definition) is 0. The largest absolute Gasteiger partial charge is 0.496 e. The number of hydrogen-bond acceptors (Lipinski definition) is 5. The van der Waals surface area contributed by atoms with Gasteiger partial charge in [-0.15, -0.1) is 0 Å². The fourth-order valence-electron chi connectivity index (χ4n) is 3.50. The summed E-state index contributed by atoms with van der Waals surface area (Å²) in [5.41, 5.74) is 2.42. The molecule has 1 heterocycles. The van der Waals surface area contributed by atoms with E-state index in [9.17, 15) is 0 Å². The van der Waals surface area contributed by atoms with Crippen LogP contribution in [0.15, 0.2) is 42.5 Å². The molecular weight excluding hydrogens is 328 g/mol. The lowest BCUT2D eigenvalue weighted by molar-refractivity contribution is 0.120. The van der Waals surface area contributed by atoms with Crippen LogP contribution in [0, 0.1) is 0 Å². The molecule has 1 fully saturated rings. The van der Waals surface area contributed by atoms with Crippen molar-refractivity contribution in [3.05, 3.63) is 53.6 Å². The number of para-hydroxylation sites is 2. The van der Waals surface area contributed by atoms with E-state index in [2.05, 4.69) is 28.0 Å². The summed E-state index contributed by atoms with van der Waals surface area (Å²) < 4.78 is 16.4. The van der Waals surface area contributed by atoms with E-state index in [0.29, 0.717) is 0 Å². The van der Waals surface area contributed by atoms with Crippen LogP contribution in [0.3, 0.4) is 0 Å². The van der Waals surface area contributed by atoms with E-state index in [1.54, 1.807) is 21.3 Å². The lowest BCUT2D eigenvalue weighted by atomic mass is 10.1. The van der Waals surface area contributed by atoms with Crippen LogP contribution in [0.25, 0.3) is 0 Å². The van der Waals surface area contributed by atoms with Gasteiger partial charge in [-0.2, -0.15) is 0 Å². The van der Waals surface area contributed by atoms with Crippen LogP contribution in [0.2, 0.25) is 0 Å². The number of nitrogens with zero attached hydrogens (tertiary/aromatic N) is 2. The van der Waals surface area contributed by atoms with E-state index in [1.165, 1.54) is 11.1 Å². The molecule has 5 nitrogen and oxygen atoms in total. The predicted molar refractivity (Wildman–Crippen MR) is 103 cm³/mol. The smallest absolute Gasteiger partial charge is 0.165 e. The highest BCUT2D eigenvalue weighted by atomic mass is 16.5. The summed E-state index contributed by atoms with van der Waals surface area (Å²) in [6.07, 6.45) is 0. The van der Waals surface area contributed by atoms with Crippen LogP contribution < -0.4 is 14.2 Å². The highest BCUT2D eigenvalue weighted by Gasteiger charge is 2.20. The van der Waals surface area contributed by atoms with Gasteiger partial charge in [-0.05, 0) is 12.1 Å². The van der Waals surface area contributed by atoms with Gasteiger partial charge in [0.15, 0.2) is 11.5 Å². The third-order valence-electron chi connectivity index (χ3n) is 4.93. The van der Waals surface area contributed by atoms with Gasteiger partial charge < -0.3 is 14.2 Å². The SMILES string of the molecule is COc1ccccc1CN1CCN(Cc2cccc(OC)c2OC)CC1. The molecule has 1 saturated heterocycles. The Kier molecular flexibility index (Phi) is 6.36. The fraction of sp³-hybridized carbons (Fsp3) is 0.429. The summed E-state index contributed by atoms with van der Waals surface area (Å²) in [6.45, 7) is 5.98. The summed E-state index contributed by atoms with van der Waals surface area (Å²) in [7, 11) is 5.11. The van der Waals surface area contributed by atoms with Gasteiger partial charge in [-0.25, -0.2) is 0 Å². The predicted octanol–water partition coefficient (Wildman–Crippen LogP) is 3.03. The van der Waals surface area contributed by atoms with Gasteiger partial charge in [0.25, 0.3) is 0 Å². The molecule has 0 atom stereocenters. The molecule has 2 aromatic carbocycles. The van der Waals surface area contributed by atoms with Crippen molar-refractivity contribution in [3.8, 4) is 17.2 Å².